The molecule has 1 fully saturated rings. The molecule has 1 aliphatic rings. The lowest BCUT2D eigenvalue weighted by Gasteiger charge is -2.16. The molecule has 0 aliphatic heterocycles. The second-order valence-electron chi connectivity index (χ2n) is 4.55. The zero-order valence-corrected chi connectivity index (χ0v) is 11.1. The van der Waals surface area contributed by atoms with Gasteiger partial charge in [-0.15, -0.1) is 0 Å². The first-order valence-corrected chi connectivity index (χ1v) is 6.56. The summed E-state index contributed by atoms with van der Waals surface area (Å²) in [5.41, 5.74) is 0. The Hall–Kier alpha value is -1.59. The molecule has 100 valence electrons. The molecule has 0 radical (unpaired) electrons. The van der Waals surface area contributed by atoms with Gasteiger partial charge in [0.15, 0.2) is 0 Å². The summed E-state index contributed by atoms with van der Waals surface area (Å²) < 4.78 is 5.07. The smallest absolute Gasteiger partial charge is 0.322 e. The van der Waals surface area contributed by atoms with Crippen LogP contribution in [0.2, 0.25) is 0 Å². The van der Waals surface area contributed by atoms with Crippen LogP contribution in [0.1, 0.15) is 38.5 Å². The van der Waals surface area contributed by atoms with Crippen LogP contribution in [0, 0.1) is 0 Å². The van der Waals surface area contributed by atoms with Crippen LogP contribution < -0.4 is 15.4 Å². The maximum atomic E-state index is 5.07. The molecule has 0 atom stereocenters. The summed E-state index contributed by atoms with van der Waals surface area (Å²) >= 11 is 0. The van der Waals surface area contributed by atoms with E-state index in [1.807, 2.05) is 0 Å². The Morgan fingerprint density at radius 3 is 2.28 bits per heavy atom. The predicted molar refractivity (Wildman–Crippen MR) is 71.0 cm³/mol. The van der Waals surface area contributed by atoms with Crippen LogP contribution in [-0.2, 0) is 0 Å². The topological polar surface area (TPSA) is 72.0 Å². The van der Waals surface area contributed by atoms with Crippen molar-refractivity contribution in [3.8, 4) is 6.01 Å². The summed E-state index contributed by atoms with van der Waals surface area (Å²) in [4.78, 5) is 12.6. The highest BCUT2D eigenvalue weighted by Crippen LogP contribution is 2.20. The molecule has 1 heterocycles. The van der Waals surface area contributed by atoms with Crippen LogP contribution in [0.5, 0.6) is 6.01 Å². The average Bonchev–Trinajstić information content (AvgIpc) is 2.67. The fourth-order valence-corrected chi connectivity index (χ4v) is 2.23. The number of aromatic nitrogens is 3. The molecule has 0 amide bonds. The molecule has 6 heteroatoms. The zero-order chi connectivity index (χ0) is 12.8. The van der Waals surface area contributed by atoms with Crippen molar-refractivity contribution in [2.45, 2.75) is 44.6 Å². The van der Waals surface area contributed by atoms with Crippen molar-refractivity contribution in [1.29, 1.82) is 0 Å². The minimum Gasteiger partial charge on any atom is -0.467 e. The maximum Gasteiger partial charge on any atom is 0.322 e. The van der Waals surface area contributed by atoms with Crippen LogP contribution in [0.15, 0.2) is 0 Å². The molecule has 1 aliphatic carbocycles. The monoisotopic (exact) mass is 251 g/mol. The molecule has 0 unspecified atom stereocenters. The lowest BCUT2D eigenvalue weighted by Crippen LogP contribution is -2.20. The van der Waals surface area contributed by atoms with E-state index < -0.39 is 0 Å². The van der Waals surface area contributed by atoms with E-state index in [2.05, 4.69) is 25.6 Å². The SMILES string of the molecule is CNc1nc(NC2CCCCCC2)nc(OC)n1. The van der Waals surface area contributed by atoms with Gasteiger partial charge in [-0.05, 0) is 12.8 Å². The summed E-state index contributed by atoms with van der Waals surface area (Å²) in [5.74, 6) is 1.12. The second-order valence-corrected chi connectivity index (χ2v) is 4.55. The molecule has 0 aromatic carbocycles. The highest BCUT2D eigenvalue weighted by atomic mass is 16.5. The standard InChI is InChI=1S/C12H21N5O/c1-13-10-15-11(17-12(16-10)18-2)14-9-7-5-3-4-6-8-9/h9H,3-8H2,1-2H3,(H2,13,14,15,16,17). The van der Waals surface area contributed by atoms with Crippen LogP contribution in [0.4, 0.5) is 11.9 Å². The first-order valence-electron chi connectivity index (χ1n) is 6.56. The van der Waals surface area contributed by atoms with Gasteiger partial charge in [-0.25, -0.2) is 0 Å². The third-order valence-corrected chi connectivity index (χ3v) is 3.21. The van der Waals surface area contributed by atoms with E-state index in [0.717, 1.165) is 0 Å². The van der Waals surface area contributed by atoms with Gasteiger partial charge in [-0.1, -0.05) is 25.7 Å². The third kappa shape index (κ3) is 3.45. The van der Waals surface area contributed by atoms with E-state index >= 15 is 0 Å². The minimum absolute atomic E-state index is 0.338. The molecule has 1 aromatic rings. The van der Waals surface area contributed by atoms with Gasteiger partial charge in [-0.2, -0.15) is 15.0 Å². The van der Waals surface area contributed by atoms with Crippen molar-refractivity contribution in [3.63, 3.8) is 0 Å². The molecule has 0 saturated heterocycles. The summed E-state index contributed by atoms with van der Waals surface area (Å²) in [6.07, 6.45) is 7.59. The van der Waals surface area contributed by atoms with Crippen LogP contribution >= 0.6 is 0 Å². The molecule has 1 aromatic heterocycles. The molecular formula is C12H21N5O. The second kappa shape index (κ2) is 6.37. The maximum absolute atomic E-state index is 5.07. The van der Waals surface area contributed by atoms with Crippen molar-refractivity contribution in [3.05, 3.63) is 0 Å². The largest absolute Gasteiger partial charge is 0.467 e. The van der Waals surface area contributed by atoms with E-state index in [0.29, 0.717) is 23.9 Å². The highest BCUT2D eigenvalue weighted by molar-refractivity contribution is 5.36. The first-order chi connectivity index (χ1) is 8.81. The van der Waals surface area contributed by atoms with Crippen molar-refractivity contribution >= 4 is 11.9 Å². The van der Waals surface area contributed by atoms with E-state index in [1.54, 1.807) is 14.2 Å². The summed E-state index contributed by atoms with van der Waals surface area (Å²) in [6, 6.07) is 0.801. The molecule has 18 heavy (non-hydrogen) atoms. The molecule has 1 saturated carbocycles. The lowest BCUT2D eigenvalue weighted by atomic mass is 10.1. The van der Waals surface area contributed by atoms with Gasteiger partial charge in [-0.3, -0.25) is 0 Å². The van der Waals surface area contributed by atoms with Gasteiger partial charge in [0.2, 0.25) is 11.9 Å². The zero-order valence-electron chi connectivity index (χ0n) is 11.1. The normalized spacial score (nSPS) is 17.0. The average molecular weight is 251 g/mol. The van der Waals surface area contributed by atoms with Gasteiger partial charge < -0.3 is 15.4 Å². The summed E-state index contributed by atoms with van der Waals surface area (Å²) in [6.45, 7) is 0. The van der Waals surface area contributed by atoms with Gasteiger partial charge in [0, 0.05) is 13.1 Å². The Bertz CT molecular complexity index is 354. The van der Waals surface area contributed by atoms with Gasteiger partial charge in [0.1, 0.15) is 0 Å². The Kier molecular flexibility index (Phi) is 4.55. The quantitative estimate of drug-likeness (QED) is 0.798. The number of hydrogen-bond acceptors (Lipinski definition) is 6. The molecule has 0 spiro atoms. The van der Waals surface area contributed by atoms with Crippen LogP contribution in [0.3, 0.4) is 0 Å². The minimum atomic E-state index is 0.338. The van der Waals surface area contributed by atoms with Crippen LogP contribution in [-0.4, -0.2) is 35.2 Å². The van der Waals surface area contributed by atoms with Crippen molar-refractivity contribution in [2.75, 3.05) is 24.8 Å². The van der Waals surface area contributed by atoms with E-state index in [9.17, 15) is 0 Å². The first kappa shape index (κ1) is 12.9. The number of nitrogens with one attached hydrogen (secondary N) is 2. The number of ether oxygens (including phenoxy) is 1. The van der Waals surface area contributed by atoms with Crippen LogP contribution in [0.25, 0.3) is 0 Å². The Morgan fingerprint density at radius 2 is 1.67 bits per heavy atom. The number of methoxy groups -OCH3 is 1. The number of nitrogens with zero attached hydrogens (tertiary/aromatic N) is 3. The predicted octanol–water partition coefficient (Wildman–Crippen LogP) is 2.06. The Morgan fingerprint density at radius 1 is 1.00 bits per heavy atom. The van der Waals surface area contributed by atoms with Crippen molar-refractivity contribution in [2.24, 2.45) is 0 Å². The van der Waals surface area contributed by atoms with Gasteiger partial charge >= 0.3 is 6.01 Å². The number of anilines is 2. The molecule has 2 rings (SSSR count). The fourth-order valence-electron chi connectivity index (χ4n) is 2.23. The summed E-state index contributed by atoms with van der Waals surface area (Å²) in [7, 11) is 3.34. The van der Waals surface area contributed by atoms with Crippen molar-refractivity contribution < 1.29 is 4.74 Å². The molecule has 2 N–H and O–H groups in total. The fraction of sp³-hybridized carbons (Fsp3) is 0.750. The van der Waals surface area contributed by atoms with Crippen molar-refractivity contribution in [1.82, 2.24) is 15.0 Å². The Balaban J connectivity index is 2.06. The summed E-state index contributed by atoms with van der Waals surface area (Å²) in [5, 5.41) is 6.30. The number of hydrogen-bond donors (Lipinski definition) is 2. The van der Waals surface area contributed by atoms with Gasteiger partial charge in [0.25, 0.3) is 0 Å². The lowest BCUT2D eigenvalue weighted by molar-refractivity contribution is 0.379. The highest BCUT2D eigenvalue weighted by Gasteiger charge is 2.14. The van der Waals surface area contributed by atoms with Gasteiger partial charge in [0.05, 0.1) is 7.11 Å². The van der Waals surface area contributed by atoms with E-state index in [1.165, 1.54) is 38.5 Å². The third-order valence-electron chi connectivity index (χ3n) is 3.21. The van der Waals surface area contributed by atoms with E-state index in [-0.39, 0.29) is 0 Å². The Labute approximate surface area is 108 Å². The van der Waals surface area contributed by atoms with E-state index in [4.69, 9.17) is 4.74 Å². The molecular weight excluding hydrogens is 230 g/mol. The molecule has 0 bridgehead atoms. The number of rotatable bonds is 4. The molecule has 6 nitrogen and oxygen atoms in total.